The van der Waals surface area contributed by atoms with Crippen molar-refractivity contribution in [1.29, 1.82) is 0 Å². The minimum Gasteiger partial charge on any atom is -0.369 e. The van der Waals surface area contributed by atoms with Crippen molar-refractivity contribution in [1.82, 2.24) is 4.90 Å². The SMILES string of the molecule is CN1c2ccccc2C(c2ccccc2)[C@H]2[C@@H]1C1CCN2CC1. The Morgan fingerprint density at radius 1 is 0.826 bits per heavy atom. The molecule has 0 aromatic heterocycles. The standard InChI is InChI=1S/C21H24N2/c1-22-18-10-6-5-9-17(18)19(15-7-3-2-4-8-15)21-20(22)16-11-13-23(21)14-12-16/h2-10,16,19-21H,11-14H2,1H3/t19?,20-,21-/m0/s1. The van der Waals surface area contributed by atoms with E-state index in [1.165, 1.54) is 42.7 Å². The van der Waals surface area contributed by atoms with Gasteiger partial charge in [-0.2, -0.15) is 0 Å². The lowest BCUT2D eigenvalue weighted by Crippen LogP contribution is -2.66. The third-order valence-electron chi connectivity index (χ3n) is 6.43. The van der Waals surface area contributed by atoms with Gasteiger partial charge in [0.1, 0.15) is 0 Å². The lowest BCUT2D eigenvalue weighted by atomic mass is 9.67. The van der Waals surface area contributed by atoms with Crippen molar-refractivity contribution in [3.05, 3.63) is 65.7 Å². The lowest BCUT2D eigenvalue weighted by Gasteiger charge is -2.59. The van der Waals surface area contributed by atoms with E-state index in [1.54, 1.807) is 0 Å². The number of benzene rings is 2. The summed E-state index contributed by atoms with van der Waals surface area (Å²) in [6, 6.07) is 21.5. The van der Waals surface area contributed by atoms with Crippen LogP contribution in [0, 0.1) is 5.92 Å². The number of nitrogens with zero attached hydrogens (tertiary/aromatic N) is 2. The zero-order valence-electron chi connectivity index (χ0n) is 13.7. The first kappa shape index (κ1) is 13.6. The molecule has 3 saturated heterocycles. The van der Waals surface area contributed by atoms with Crippen LogP contribution in [0.5, 0.6) is 0 Å². The zero-order valence-corrected chi connectivity index (χ0v) is 13.7. The quantitative estimate of drug-likeness (QED) is 0.792. The number of anilines is 1. The fourth-order valence-electron chi connectivity index (χ4n) is 5.46. The summed E-state index contributed by atoms with van der Waals surface area (Å²) < 4.78 is 0. The van der Waals surface area contributed by atoms with Gasteiger partial charge in [-0.3, -0.25) is 4.90 Å². The number of hydrogen-bond donors (Lipinski definition) is 0. The van der Waals surface area contributed by atoms with E-state index in [9.17, 15) is 0 Å². The predicted molar refractivity (Wildman–Crippen MR) is 95.0 cm³/mol. The summed E-state index contributed by atoms with van der Waals surface area (Å²) in [6.07, 6.45) is 2.74. The largest absolute Gasteiger partial charge is 0.369 e. The van der Waals surface area contributed by atoms with Crippen molar-refractivity contribution in [2.75, 3.05) is 25.0 Å². The van der Waals surface area contributed by atoms with Crippen LogP contribution in [-0.2, 0) is 0 Å². The molecule has 0 amide bonds. The summed E-state index contributed by atoms with van der Waals surface area (Å²) in [5.41, 5.74) is 4.43. The molecule has 2 nitrogen and oxygen atoms in total. The third kappa shape index (κ3) is 1.91. The highest BCUT2D eigenvalue weighted by molar-refractivity contribution is 5.62. The maximum atomic E-state index is 2.77. The summed E-state index contributed by atoms with van der Waals surface area (Å²) in [4.78, 5) is 5.37. The number of fused-ring (bicyclic) bond motifs is 3. The molecule has 3 atom stereocenters. The monoisotopic (exact) mass is 304 g/mol. The molecule has 1 unspecified atom stereocenters. The van der Waals surface area contributed by atoms with Crippen LogP contribution in [0.3, 0.4) is 0 Å². The lowest BCUT2D eigenvalue weighted by molar-refractivity contribution is 0.0145. The minimum absolute atomic E-state index is 0.511. The van der Waals surface area contributed by atoms with E-state index >= 15 is 0 Å². The average molecular weight is 304 g/mol. The van der Waals surface area contributed by atoms with Crippen LogP contribution >= 0.6 is 0 Å². The van der Waals surface area contributed by atoms with Crippen molar-refractivity contribution >= 4 is 5.69 Å². The molecule has 6 rings (SSSR count). The Morgan fingerprint density at radius 2 is 1.52 bits per heavy atom. The Balaban J connectivity index is 1.72. The van der Waals surface area contributed by atoms with Crippen LogP contribution in [-0.4, -0.2) is 37.1 Å². The van der Waals surface area contributed by atoms with Gasteiger partial charge in [0.2, 0.25) is 0 Å². The van der Waals surface area contributed by atoms with Crippen LogP contribution in [0.25, 0.3) is 0 Å². The molecule has 3 fully saturated rings. The van der Waals surface area contributed by atoms with Crippen LogP contribution in [0.2, 0.25) is 0 Å². The van der Waals surface area contributed by atoms with Crippen molar-refractivity contribution in [3.8, 4) is 0 Å². The maximum Gasteiger partial charge on any atom is 0.0480 e. The fourth-order valence-corrected chi connectivity index (χ4v) is 5.46. The predicted octanol–water partition coefficient (Wildman–Crippen LogP) is 3.73. The smallest absolute Gasteiger partial charge is 0.0480 e. The van der Waals surface area contributed by atoms with Crippen molar-refractivity contribution in [2.24, 2.45) is 5.92 Å². The van der Waals surface area contributed by atoms with Crippen molar-refractivity contribution in [3.63, 3.8) is 0 Å². The van der Waals surface area contributed by atoms with Crippen molar-refractivity contribution < 1.29 is 0 Å². The van der Waals surface area contributed by atoms with Gasteiger partial charge in [-0.25, -0.2) is 0 Å². The first-order valence-corrected chi connectivity index (χ1v) is 8.95. The highest BCUT2D eigenvalue weighted by atomic mass is 15.3. The first-order chi connectivity index (χ1) is 11.3. The Bertz CT molecular complexity index is 703. The van der Waals surface area contributed by atoms with Gasteiger partial charge in [0.15, 0.2) is 0 Å². The van der Waals surface area contributed by atoms with Crippen molar-refractivity contribution in [2.45, 2.75) is 30.8 Å². The topological polar surface area (TPSA) is 6.48 Å². The Kier molecular flexibility index (Phi) is 3.02. The zero-order chi connectivity index (χ0) is 15.4. The molecule has 2 aromatic carbocycles. The van der Waals surface area contributed by atoms with Gasteiger partial charge < -0.3 is 4.90 Å². The number of piperidine rings is 3. The van der Waals surface area contributed by atoms with Gasteiger partial charge in [-0.15, -0.1) is 0 Å². The molecule has 4 aliphatic rings. The van der Waals surface area contributed by atoms with Gasteiger partial charge in [0.05, 0.1) is 0 Å². The van der Waals surface area contributed by atoms with E-state index < -0.39 is 0 Å². The molecule has 2 aromatic rings. The minimum atomic E-state index is 0.511. The van der Waals surface area contributed by atoms with E-state index in [4.69, 9.17) is 0 Å². The molecule has 0 spiro atoms. The molecule has 0 aliphatic carbocycles. The fraction of sp³-hybridized carbons (Fsp3) is 0.429. The summed E-state index contributed by atoms with van der Waals surface area (Å²) in [5, 5.41) is 0. The number of hydrogen-bond acceptors (Lipinski definition) is 2. The van der Waals surface area contributed by atoms with Crippen LogP contribution in [0.1, 0.15) is 29.9 Å². The highest BCUT2D eigenvalue weighted by Gasteiger charge is 2.51. The molecule has 0 saturated carbocycles. The van der Waals surface area contributed by atoms with Gasteiger partial charge in [0.25, 0.3) is 0 Å². The van der Waals surface area contributed by atoms with E-state index in [2.05, 4.69) is 71.4 Å². The molecular formula is C21H24N2. The van der Waals surface area contributed by atoms with Gasteiger partial charge in [-0.1, -0.05) is 48.5 Å². The van der Waals surface area contributed by atoms with Gasteiger partial charge in [0, 0.05) is 30.7 Å². The third-order valence-corrected chi connectivity index (χ3v) is 6.43. The van der Waals surface area contributed by atoms with Crippen LogP contribution < -0.4 is 4.90 Å². The maximum absolute atomic E-state index is 2.77. The number of para-hydroxylation sites is 1. The molecular weight excluding hydrogens is 280 g/mol. The Labute approximate surface area is 138 Å². The Morgan fingerprint density at radius 3 is 2.30 bits per heavy atom. The molecule has 118 valence electrons. The van der Waals surface area contributed by atoms with E-state index in [0.29, 0.717) is 18.0 Å². The molecule has 4 heterocycles. The van der Waals surface area contributed by atoms with E-state index in [1.807, 2.05) is 0 Å². The molecule has 4 aliphatic heterocycles. The summed E-state index contributed by atoms with van der Waals surface area (Å²) in [5.74, 6) is 1.37. The molecule has 2 heteroatoms. The van der Waals surface area contributed by atoms with E-state index in [-0.39, 0.29) is 0 Å². The average Bonchev–Trinajstić information content (AvgIpc) is 2.64. The number of rotatable bonds is 1. The highest BCUT2D eigenvalue weighted by Crippen LogP contribution is 2.50. The molecule has 2 bridgehead atoms. The molecule has 0 N–H and O–H groups in total. The number of likely N-dealkylation sites (N-methyl/N-ethyl adjacent to an activating group) is 1. The summed E-state index contributed by atoms with van der Waals surface area (Å²) in [6.45, 7) is 2.57. The van der Waals surface area contributed by atoms with Gasteiger partial charge in [-0.05, 0) is 49.0 Å². The molecule has 23 heavy (non-hydrogen) atoms. The van der Waals surface area contributed by atoms with Gasteiger partial charge >= 0.3 is 0 Å². The summed E-state index contributed by atoms with van der Waals surface area (Å²) >= 11 is 0. The first-order valence-electron chi connectivity index (χ1n) is 8.95. The van der Waals surface area contributed by atoms with Crippen LogP contribution in [0.4, 0.5) is 5.69 Å². The second-order valence-electron chi connectivity index (χ2n) is 7.41. The normalized spacial score (nSPS) is 34.8. The van der Waals surface area contributed by atoms with E-state index in [0.717, 1.165) is 5.92 Å². The summed E-state index contributed by atoms with van der Waals surface area (Å²) in [7, 11) is 2.32. The molecule has 0 radical (unpaired) electrons. The Hall–Kier alpha value is -1.80. The second-order valence-corrected chi connectivity index (χ2v) is 7.41. The second kappa shape index (κ2) is 5.10. The van der Waals surface area contributed by atoms with Crippen LogP contribution in [0.15, 0.2) is 54.6 Å².